The number of ether oxygens (including phenoxy) is 1. The zero-order chi connectivity index (χ0) is 22.4. The Hall–Kier alpha value is -3.07. The second-order valence-corrected chi connectivity index (χ2v) is 7.24. The quantitative estimate of drug-likeness (QED) is 0.754. The first-order valence-corrected chi connectivity index (χ1v) is 10.00. The molecule has 0 radical (unpaired) electrons. The lowest BCUT2D eigenvalue weighted by atomic mass is 10.1. The summed E-state index contributed by atoms with van der Waals surface area (Å²) in [6.07, 6.45) is -3.84. The molecule has 1 N–H and O–H groups in total. The van der Waals surface area contributed by atoms with E-state index >= 15 is 0 Å². The monoisotopic (exact) mass is 435 g/mol. The maximum Gasteiger partial charge on any atom is 0.573 e. The van der Waals surface area contributed by atoms with E-state index in [4.69, 9.17) is 0 Å². The van der Waals surface area contributed by atoms with Crippen LogP contribution in [0.1, 0.15) is 22.8 Å². The Kier molecular flexibility index (Phi) is 7.17. The van der Waals surface area contributed by atoms with E-state index in [1.54, 1.807) is 4.90 Å². The molecule has 1 aliphatic heterocycles. The van der Waals surface area contributed by atoms with Crippen LogP contribution in [-0.4, -0.2) is 60.7 Å². The van der Waals surface area contributed by atoms with Crippen molar-refractivity contribution >= 4 is 17.5 Å². The summed E-state index contributed by atoms with van der Waals surface area (Å²) >= 11 is 0. The first kappa shape index (κ1) is 22.6. The van der Waals surface area contributed by atoms with Crippen LogP contribution in [0.4, 0.5) is 18.9 Å². The predicted octanol–water partition coefficient (Wildman–Crippen LogP) is 3.54. The molecule has 2 aromatic carbocycles. The minimum Gasteiger partial charge on any atom is -0.406 e. The summed E-state index contributed by atoms with van der Waals surface area (Å²) in [5.41, 5.74) is 2.21. The molecule has 0 aromatic heterocycles. The number of rotatable bonds is 6. The summed E-state index contributed by atoms with van der Waals surface area (Å²) in [5, 5.41) is 2.65. The number of hydrogen-bond donors (Lipinski definition) is 1. The molecule has 166 valence electrons. The van der Waals surface area contributed by atoms with Gasteiger partial charge >= 0.3 is 6.36 Å². The van der Waals surface area contributed by atoms with E-state index in [0.29, 0.717) is 37.4 Å². The van der Waals surface area contributed by atoms with E-state index in [1.807, 2.05) is 29.2 Å². The molecule has 3 rings (SSSR count). The molecule has 31 heavy (non-hydrogen) atoms. The molecule has 1 aliphatic rings. The van der Waals surface area contributed by atoms with Gasteiger partial charge in [-0.2, -0.15) is 0 Å². The van der Waals surface area contributed by atoms with E-state index in [-0.39, 0.29) is 24.1 Å². The van der Waals surface area contributed by atoms with Crippen LogP contribution in [0.3, 0.4) is 0 Å². The highest BCUT2D eigenvalue weighted by molar-refractivity contribution is 5.94. The molecule has 1 fully saturated rings. The molecule has 9 heteroatoms. The van der Waals surface area contributed by atoms with Gasteiger partial charge in [-0.1, -0.05) is 19.1 Å². The third-order valence-corrected chi connectivity index (χ3v) is 5.01. The lowest BCUT2D eigenvalue weighted by Crippen LogP contribution is -2.50. The Bertz CT molecular complexity index is 891. The van der Waals surface area contributed by atoms with Crippen molar-refractivity contribution in [1.29, 1.82) is 0 Å². The van der Waals surface area contributed by atoms with Crippen molar-refractivity contribution in [2.75, 3.05) is 38.0 Å². The first-order chi connectivity index (χ1) is 14.7. The van der Waals surface area contributed by atoms with Crippen molar-refractivity contribution in [3.05, 3.63) is 59.7 Å². The average molecular weight is 435 g/mol. The van der Waals surface area contributed by atoms with Crippen LogP contribution in [0.5, 0.6) is 5.75 Å². The zero-order valence-corrected chi connectivity index (χ0v) is 17.1. The van der Waals surface area contributed by atoms with Gasteiger partial charge in [-0.25, -0.2) is 0 Å². The Labute approximate surface area is 178 Å². The third kappa shape index (κ3) is 6.71. The molecule has 0 saturated carbocycles. The predicted molar refractivity (Wildman–Crippen MR) is 110 cm³/mol. The van der Waals surface area contributed by atoms with Crippen LogP contribution in [0, 0.1) is 0 Å². The number of anilines is 1. The summed E-state index contributed by atoms with van der Waals surface area (Å²) in [6, 6.07) is 12.6. The fraction of sp³-hybridized carbons (Fsp3) is 0.364. The number of carbonyl (C=O) groups is 2. The molecule has 1 saturated heterocycles. The fourth-order valence-electron chi connectivity index (χ4n) is 3.32. The lowest BCUT2D eigenvalue weighted by molar-refractivity contribution is -0.274. The van der Waals surface area contributed by atoms with Crippen molar-refractivity contribution in [3.8, 4) is 5.75 Å². The van der Waals surface area contributed by atoms with Gasteiger partial charge in [0.05, 0.1) is 6.54 Å². The number of halogens is 3. The van der Waals surface area contributed by atoms with Gasteiger partial charge in [0.25, 0.3) is 5.91 Å². The lowest BCUT2D eigenvalue weighted by Gasteiger charge is -2.34. The molecule has 0 aliphatic carbocycles. The van der Waals surface area contributed by atoms with Crippen LogP contribution < -0.4 is 10.1 Å². The van der Waals surface area contributed by atoms with Crippen LogP contribution in [-0.2, 0) is 11.2 Å². The normalized spacial score (nSPS) is 14.9. The number of alkyl halides is 3. The van der Waals surface area contributed by atoms with Gasteiger partial charge in [0.15, 0.2) is 0 Å². The van der Waals surface area contributed by atoms with Crippen LogP contribution in [0.2, 0.25) is 0 Å². The van der Waals surface area contributed by atoms with E-state index in [1.165, 1.54) is 17.7 Å². The van der Waals surface area contributed by atoms with Crippen LogP contribution >= 0.6 is 0 Å². The van der Waals surface area contributed by atoms with Gasteiger partial charge in [-0.3, -0.25) is 14.5 Å². The van der Waals surface area contributed by atoms with Crippen LogP contribution in [0.15, 0.2) is 48.5 Å². The maximum atomic E-state index is 12.6. The topological polar surface area (TPSA) is 61.9 Å². The minimum absolute atomic E-state index is 0.0204. The summed E-state index contributed by atoms with van der Waals surface area (Å²) in [7, 11) is 0. The number of hydrogen-bond acceptors (Lipinski definition) is 4. The Balaban J connectivity index is 1.44. The zero-order valence-electron chi connectivity index (χ0n) is 17.1. The molecule has 0 atom stereocenters. The van der Waals surface area contributed by atoms with E-state index in [0.717, 1.165) is 18.6 Å². The molecule has 1 heterocycles. The molecule has 6 nitrogen and oxygen atoms in total. The number of carbonyl (C=O) groups excluding carboxylic acids is 2. The number of nitrogens with zero attached hydrogens (tertiary/aromatic N) is 2. The van der Waals surface area contributed by atoms with Crippen molar-refractivity contribution in [1.82, 2.24) is 9.80 Å². The molecular formula is C22H24F3N3O3. The number of piperazine rings is 1. The van der Waals surface area contributed by atoms with Crippen molar-refractivity contribution in [2.45, 2.75) is 19.7 Å². The largest absolute Gasteiger partial charge is 0.573 e. The number of amides is 2. The number of aryl methyl sites for hydroxylation is 1. The fourth-order valence-corrected chi connectivity index (χ4v) is 3.32. The average Bonchev–Trinajstić information content (AvgIpc) is 2.74. The van der Waals surface area contributed by atoms with Crippen molar-refractivity contribution in [3.63, 3.8) is 0 Å². The third-order valence-electron chi connectivity index (χ3n) is 5.01. The highest BCUT2D eigenvalue weighted by atomic mass is 19.4. The highest BCUT2D eigenvalue weighted by Gasteiger charge is 2.31. The minimum atomic E-state index is -4.76. The second-order valence-electron chi connectivity index (χ2n) is 7.24. The first-order valence-electron chi connectivity index (χ1n) is 10.00. The van der Waals surface area contributed by atoms with E-state index in [2.05, 4.69) is 17.0 Å². The SMILES string of the molecule is CCc1ccc(C(=O)N2CCN(CC(=O)Nc3ccc(OC(F)(F)F)cc3)CC2)cc1. The molecule has 0 bridgehead atoms. The summed E-state index contributed by atoms with van der Waals surface area (Å²) < 4.78 is 40.4. The van der Waals surface area contributed by atoms with Gasteiger partial charge in [0.2, 0.25) is 5.91 Å². The molecule has 0 unspecified atom stereocenters. The molecule has 0 spiro atoms. The van der Waals surface area contributed by atoms with Gasteiger partial charge in [0.1, 0.15) is 5.75 Å². The molecular weight excluding hydrogens is 411 g/mol. The van der Waals surface area contributed by atoms with Gasteiger partial charge in [-0.15, -0.1) is 13.2 Å². The van der Waals surface area contributed by atoms with E-state index in [9.17, 15) is 22.8 Å². The Morgan fingerprint density at radius 3 is 2.13 bits per heavy atom. The summed E-state index contributed by atoms with van der Waals surface area (Å²) in [5.74, 6) is -0.650. The molecule has 2 aromatic rings. The van der Waals surface area contributed by atoms with Crippen molar-refractivity contribution < 1.29 is 27.5 Å². The summed E-state index contributed by atoms with van der Waals surface area (Å²) in [6.45, 7) is 4.35. The van der Waals surface area contributed by atoms with Crippen LogP contribution in [0.25, 0.3) is 0 Å². The van der Waals surface area contributed by atoms with Gasteiger partial charge < -0.3 is 15.0 Å². The Morgan fingerprint density at radius 2 is 1.58 bits per heavy atom. The number of benzene rings is 2. The number of nitrogens with one attached hydrogen (secondary N) is 1. The smallest absolute Gasteiger partial charge is 0.406 e. The Morgan fingerprint density at radius 1 is 0.968 bits per heavy atom. The van der Waals surface area contributed by atoms with Crippen molar-refractivity contribution in [2.24, 2.45) is 0 Å². The molecule has 2 amide bonds. The maximum absolute atomic E-state index is 12.6. The van der Waals surface area contributed by atoms with Gasteiger partial charge in [-0.05, 0) is 48.4 Å². The standard InChI is InChI=1S/C22H24F3N3O3/c1-2-16-3-5-17(6-4-16)21(30)28-13-11-27(12-14-28)15-20(29)26-18-7-9-19(10-8-18)31-22(23,24)25/h3-10H,2,11-15H2,1H3,(H,26,29). The summed E-state index contributed by atoms with van der Waals surface area (Å²) in [4.78, 5) is 28.6. The second kappa shape index (κ2) is 9.82. The van der Waals surface area contributed by atoms with Gasteiger partial charge in [0, 0.05) is 37.4 Å². The van der Waals surface area contributed by atoms with E-state index < -0.39 is 6.36 Å². The highest BCUT2D eigenvalue weighted by Crippen LogP contribution is 2.24.